The summed E-state index contributed by atoms with van der Waals surface area (Å²) in [5.41, 5.74) is 0.614. The highest BCUT2D eigenvalue weighted by Crippen LogP contribution is 2.46. The van der Waals surface area contributed by atoms with Crippen LogP contribution in [-0.2, 0) is 14.3 Å². The zero-order valence-corrected chi connectivity index (χ0v) is 24.3. The molecule has 0 amide bonds. The van der Waals surface area contributed by atoms with Crippen molar-refractivity contribution in [2.24, 2.45) is 5.92 Å². The Kier molecular flexibility index (Phi) is 8.95. The van der Waals surface area contributed by atoms with Crippen molar-refractivity contribution in [3.63, 3.8) is 0 Å². The van der Waals surface area contributed by atoms with E-state index >= 15 is 0 Å². The minimum absolute atomic E-state index is 0.0630. The molecular formula is C30H35NO10. The number of fused-ring (bicyclic) bond motifs is 1. The number of esters is 2. The predicted octanol–water partition coefficient (Wildman–Crippen LogP) is 4.40. The quantitative estimate of drug-likeness (QED) is 0.343. The van der Waals surface area contributed by atoms with Crippen molar-refractivity contribution in [3.8, 4) is 39.9 Å². The topological polar surface area (TPSA) is 121 Å². The third-order valence-electron chi connectivity index (χ3n) is 7.65. The summed E-state index contributed by atoms with van der Waals surface area (Å²) in [5.74, 6) is 0.588. The van der Waals surface area contributed by atoms with E-state index in [9.17, 15) is 14.4 Å². The molecule has 0 spiro atoms. The van der Waals surface area contributed by atoms with Crippen LogP contribution in [0.15, 0.2) is 29.1 Å². The molecule has 0 aliphatic heterocycles. The first-order valence-electron chi connectivity index (χ1n) is 13.1. The van der Waals surface area contributed by atoms with Crippen LogP contribution in [0.3, 0.4) is 0 Å². The van der Waals surface area contributed by atoms with Gasteiger partial charge in [0.15, 0.2) is 23.0 Å². The Morgan fingerprint density at radius 3 is 1.68 bits per heavy atom. The van der Waals surface area contributed by atoms with Crippen LogP contribution in [-0.4, -0.2) is 66.3 Å². The van der Waals surface area contributed by atoms with Crippen molar-refractivity contribution < 1.29 is 42.7 Å². The molecule has 2 aromatic carbocycles. The molecule has 4 rings (SSSR count). The minimum Gasteiger partial charge on any atom is -0.493 e. The average molecular weight is 570 g/mol. The maximum absolute atomic E-state index is 14.2. The van der Waals surface area contributed by atoms with Gasteiger partial charge in [0.2, 0.25) is 5.75 Å². The summed E-state index contributed by atoms with van der Waals surface area (Å²) < 4.78 is 39.5. The zero-order valence-electron chi connectivity index (χ0n) is 24.3. The summed E-state index contributed by atoms with van der Waals surface area (Å²) in [7, 11) is 10.1. The molecular weight excluding hydrogens is 534 g/mol. The van der Waals surface area contributed by atoms with Crippen molar-refractivity contribution in [1.29, 1.82) is 0 Å². The van der Waals surface area contributed by atoms with Gasteiger partial charge < -0.3 is 33.2 Å². The molecule has 1 fully saturated rings. The highest BCUT2D eigenvalue weighted by atomic mass is 16.5. The molecule has 0 radical (unpaired) electrons. The predicted molar refractivity (Wildman–Crippen MR) is 151 cm³/mol. The van der Waals surface area contributed by atoms with Crippen LogP contribution in [0.2, 0.25) is 0 Å². The van der Waals surface area contributed by atoms with Crippen molar-refractivity contribution in [2.45, 2.75) is 31.7 Å². The summed E-state index contributed by atoms with van der Waals surface area (Å²) in [6.45, 7) is 0. The van der Waals surface area contributed by atoms with Gasteiger partial charge in [0.25, 0.3) is 5.56 Å². The van der Waals surface area contributed by atoms with Crippen LogP contribution >= 0.6 is 0 Å². The summed E-state index contributed by atoms with van der Waals surface area (Å²) >= 11 is 0. The second-order valence-electron chi connectivity index (χ2n) is 9.59. The number of carbonyl (C=O) groups excluding carboxylic acids is 2. The van der Waals surface area contributed by atoms with E-state index < -0.39 is 5.97 Å². The number of pyridine rings is 1. The SMILES string of the molecule is COC(=O)c1c(-c2cc(OC)c(OC)c(OC)c2)c2cc(OC)c(OC)cc2c(=O)n1[C@H]1CC[C@@H](C(=O)OC)CC1. The third kappa shape index (κ3) is 5.23. The molecule has 1 saturated carbocycles. The highest BCUT2D eigenvalue weighted by molar-refractivity contribution is 6.08. The standard InChI is InChI=1S/C30H35NO10/c1-35-21-14-19-20(15-22(21)36-2)28(32)31(18-10-8-16(9-11-18)29(33)40-6)26(30(34)41-7)25(19)17-12-23(37-3)27(39-5)24(13-17)38-4/h12-16,18H,8-11H2,1-7H3/t16-,18+. The molecule has 41 heavy (non-hydrogen) atoms. The molecule has 1 aromatic heterocycles. The maximum Gasteiger partial charge on any atom is 0.355 e. The highest BCUT2D eigenvalue weighted by Gasteiger charge is 2.34. The Balaban J connectivity index is 2.13. The number of methoxy groups -OCH3 is 7. The first-order chi connectivity index (χ1) is 19.8. The lowest BCUT2D eigenvalue weighted by molar-refractivity contribution is -0.146. The Morgan fingerprint density at radius 1 is 0.683 bits per heavy atom. The van der Waals surface area contributed by atoms with Crippen LogP contribution in [0.4, 0.5) is 0 Å². The van der Waals surface area contributed by atoms with E-state index in [0.29, 0.717) is 76.3 Å². The normalized spacial score (nSPS) is 16.6. The molecule has 3 aromatic rings. The van der Waals surface area contributed by atoms with E-state index in [1.54, 1.807) is 24.3 Å². The van der Waals surface area contributed by atoms with Gasteiger partial charge in [-0.1, -0.05) is 0 Å². The molecule has 1 aliphatic rings. The largest absolute Gasteiger partial charge is 0.493 e. The molecule has 220 valence electrons. The number of hydrogen-bond donors (Lipinski definition) is 0. The fourth-order valence-corrected chi connectivity index (χ4v) is 5.64. The lowest BCUT2D eigenvalue weighted by Crippen LogP contribution is -2.34. The Morgan fingerprint density at radius 2 is 1.22 bits per heavy atom. The van der Waals surface area contributed by atoms with E-state index in [1.807, 2.05) is 0 Å². The van der Waals surface area contributed by atoms with E-state index in [2.05, 4.69) is 0 Å². The summed E-state index contributed by atoms with van der Waals surface area (Å²) in [6.07, 6.45) is 1.98. The van der Waals surface area contributed by atoms with Crippen LogP contribution in [0.1, 0.15) is 42.2 Å². The van der Waals surface area contributed by atoms with Gasteiger partial charge in [0, 0.05) is 17.0 Å². The van der Waals surface area contributed by atoms with Gasteiger partial charge in [0.1, 0.15) is 5.69 Å². The van der Waals surface area contributed by atoms with Gasteiger partial charge in [-0.3, -0.25) is 14.2 Å². The minimum atomic E-state index is -0.697. The molecule has 0 saturated heterocycles. The number of nitrogens with zero attached hydrogens (tertiary/aromatic N) is 1. The summed E-state index contributed by atoms with van der Waals surface area (Å²) in [4.78, 5) is 40.0. The Labute approximate surface area is 237 Å². The van der Waals surface area contributed by atoms with Crippen LogP contribution < -0.4 is 29.2 Å². The average Bonchev–Trinajstić information content (AvgIpc) is 3.02. The maximum atomic E-state index is 14.2. The molecule has 0 unspecified atom stereocenters. The number of aromatic nitrogens is 1. The van der Waals surface area contributed by atoms with Crippen LogP contribution in [0, 0.1) is 5.92 Å². The zero-order chi connectivity index (χ0) is 29.8. The van der Waals surface area contributed by atoms with Crippen molar-refractivity contribution >= 4 is 22.7 Å². The molecule has 0 N–H and O–H groups in total. The lowest BCUT2D eigenvalue weighted by atomic mass is 9.85. The fourth-order valence-electron chi connectivity index (χ4n) is 5.64. The molecule has 0 bridgehead atoms. The second-order valence-corrected chi connectivity index (χ2v) is 9.59. The van der Waals surface area contributed by atoms with E-state index in [1.165, 1.54) is 54.3 Å². The number of carbonyl (C=O) groups is 2. The molecule has 0 atom stereocenters. The van der Waals surface area contributed by atoms with Crippen molar-refractivity contribution in [2.75, 3.05) is 49.8 Å². The Hall–Kier alpha value is -4.41. The van der Waals surface area contributed by atoms with Crippen LogP contribution in [0.25, 0.3) is 21.9 Å². The van der Waals surface area contributed by atoms with Gasteiger partial charge in [0.05, 0.1) is 61.1 Å². The molecule has 1 aliphatic carbocycles. The van der Waals surface area contributed by atoms with Gasteiger partial charge in [-0.15, -0.1) is 0 Å². The van der Waals surface area contributed by atoms with Gasteiger partial charge >= 0.3 is 11.9 Å². The third-order valence-corrected chi connectivity index (χ3v) is 7.65. The molecule has 1 heterocycles. The molecule has 11 nitrogen and oxygen atoms in total. The van der Waals surface area contributed by atoms with Crippen molar-refractivity contribution in [1.82, 2.24) is 4.57 Å². The first kappa shape index (κ1) is 29.6. The fraction of sp³-hybridized carbons (Fsp3) is 0.433. The smallest absolute Gasteiger partial charge is 0.355 e. The van der Waals surface area contributed by atoms with E-state index in [-0.39, 0.29) is 29.2 Å². The monoisotopic (exact) mass is 569 g/mol. The number of benzene rings is 2. The lowest BCUT2D eigenvalue weighted by Gasteiger charge is -2.31. The van der Waals surface area contributed by atoms with Crippen molar-refractivity contribution in [3.05, 3.63) is 40.3 Å². The number of hydrogen-bond acceptors (Lipinski definition) is 10. The van der Waals surface area contributed by atoms with Crippen LogP contribution in [0.5, 0.6) is 28.7 Å². The van der Waals surface area contributed by atoms with Gasteiger partial charge in [-0.05, 0) is 55.5 Å². The van der Waals surface area contributed by atoms with E-state index in [0.717, 1.165) is 0 Å². The summed E-state index contributed by atoms with van der Waals surface area (Å²) in [6, 6.07) is 6.31. The second kappa shape index (κ2) is 12.4. The number of ether oxygens (including phenoxy) is 7. The Bertz CT molecular complexity index is 1490. The molecule has 11 heteroatoms. The first-order valence-corrected chi connectivity index (χ1v) is 13.1. The summed E-state index contributed by atoms with van der Waals surface area (Å²) in [5, 5.41) is 0.760. The van der Waals surface area contributed by atoms with Gasteiger partial charge in [-0.25, -0.2) is 4.79 Å². The van der Waals surface area contributed by atoms with E-state index in [4.69, 9.17) is 33.2 Å². The number of rotatable bonds is 9. The van der Waals surface area contributed by atoms with Gasteiger partial charge in [-0.2, -0.15) is 0 Å².